The smallest absolute Gasteiger partial charge is 0.255 e. The quantitative estimate of drug-likeness (QED) is 0.726. The minimum atomic E-state index is -1.48. The number of carbonyl (C=O) groups is 2. The van der Waals surface area contributed by atoms with Crippen LogP contribution in [0.2, 0.25) is 0 Å². The standard InChI is InChI=1S/C18H21FN4O3/c1-3-10-13(23-18(25)15(10)19)8-22-17-11-7-14(26-2)12(16(20)24)6-9(11)4-5-21-17/h4-7,10,13,15H,3,8H2,1-2H3,(H2,20,24)(H,21,22)(H,23,25)/t10-,13?,15-/m0/s1. The zero-order valence-electron chi connectivity index (χ0n) is 14.6. The van der Waals surface area contributed by atoms with Crippen molar-refractivity contribution < 1.29 is 18.7 Å². The van der Waals surface area contributed by atoms with Crippen molar-refractivity contribution in [1.82, 2.24) is 10.3 Å². The van der Waals surface area contributed by atoms with Gasteiger partial charge in [0.05, 0.1) is 18.7 Å². The van der Waals surface area contributed by atoms with Crippen molar-refractivity contribution in [3.05, 3.63) is 30.0 Å². The van der Waals surface area contributed by atoms with E-state index < -0.39 is 18.0 Å². The van der Waals surface area contributed by atoms with E-state index in [1.165, 1.54) is 7.11 Å². The van der Waals surface area contributed by atoms with E-state index in [0.717, 1.165) is 10.8 Å². The van der Waals surface area contributed by atoms with Crippen LogP contribution in [-0.4, -0.2) is 42.7 Å². The van der Waals surface area contributed by atoms with Gasteiger partial charge in [-0.05, 0) is 30.0 Å². The Morgan fingerprint density at radius 3 is 2.88 bits per heavy atom. The molecule has 0 aliphatic carbocycles. The van der Waals surface area contributed by atoms with Gasteiger partial charge in [0.2, 0.25) is 0 Å². The van der Waals surface area contributed by atoms with Gasteiger partial charge in [-0.2, -0.15) is 0 Å². The fourth-order valence-electron chi connectivity index (χ4n) is 3.37. The first-order valence-corrected chi connectivity index (χ1v) is 8.41. The molecule has 1 aliphatic heterocycles. The summed E-state index contributed by atoms with van der Waals surface area (Å²) >= 11 is 0. The Morgan fingerprint density at radius 2 is 2.23 bits per heavy atom. The number of ether oxygens (including phenoxy) is 1. The number of aromatic nitrogens is 1. The Kier molecular flexibility index (Phi) is 4.92. The summed E-state index contributed by atoms with van der Waals surface area (Å²) in [5.74, 6) is -0.611. The molecule has 2 aromatic rings. The van der Waals surface area contributed by atoms with Crippen LogP contribution in [0.5, 0.6) is 5.75 Å². The highest BCUT2D eigenvalue weighted by atomic mass is 19.1. The number of hydrogen-bond donors (Lipinski definition) is 3. The maximum Gasteiger partial charge on any atom is 0.255 e. The van der Waals surface area contributed by atoms with E-state index in [9.17, 15) is 14.0 Å². The number of rotatable bonds is 6. The average molecular weight is 360 g/mol. The number of primary amides is 1. The van der Waals surface area contributed by atoms with E-state index in [2.05, 4.69) is 15.6 Å². The highest BCUT2D eigenvalue weighted by Crippen LogP contribution is 2.30. The number of halogens is 1. The van der Waals surface area contributed by atoms with Gasteiger partial charge in [-0.1, -0.05) is 6.92 Å². The van der Waals surface area contributed by atoms with E-state index in [1.807, 2.05) is 6.92 Å². The third-order valence-electron chi connectivity index (χ3n) is 4.78. The van der Waals surface area contributed by atoms with Crippen molar-refractivity contribution in [2.45, 2.75) is 25.6 Å². The maximum atomic E-state index is 13.9. The number of nitrogens with two attached hydrogens (primary N) is 1. The average Bonchev–Trinajstić information content (AvgIpc) is 2.91. The lowest BCUT2D eigenvalue weighted by atomic mass is 9.96. The van der Waals surface area contributed by atoms with Crippen LogP contribution >= 0.6 is 0 Å². The van der Waals surface area contributed by atoms with Crippen molar-refractivity contribution in [1.29, 1.82) is 0 Å². The predicted molar refractivity (Wildman–Crippen MR) is 95.9 cm³/mol. The normalized spacial score (nSPS) is 22.3. The van der Waals surface area contributed by atoms with Gasteiger partial charge in [-0.3, -0.25) is 9.59 Å². The molecular formula is C18H21FN4O3. The molecule has 0 bridgehead atoms. The molecule has 0 saturated carbocycles. The number of benzene rings is 1. The number of alkyl halides is 1. The van der Waals surface area contributed by atoms with Crippen molar-refractivity contribution in [2.24, 2.45) is 11.7 Å². The van der Waals surface area contributed by atoms with Crippen LogP contribution < -0.4 is 21.1 Å². The van der Waals surface area contributed by atoms with Gasteiger partial charge >= 0.3 is 0 Å². The van der Waals surface area contributed by atoms with Gasteiger partial charge in [0.15, 0.2) is 6.17 Å². The molecule has 1 fully saturated rings. The molecule has 1 unspecified atom stereocenters. The number of amides is 2. The molecule has 2 heterocycles. The first kappa shape index (κ1) is 17.9. The molecular weight excluding hydrogens is 339 g/mol. The Morgan fingerprint density at radius 1 is 1.46 bits per heavy atom. The topological polar surface area (TPSA) is 106 Å². The number of anilines is 1. The SMILES string of the molecule is CC[C@H]1C(CNc2nccc3cc(C(N)=O)c(OC)cc23)NC(=O)[C@H]1F. The van der Waals surface area contributed by atoms with Crippen molar-refractivity contribution >= 4 is 28.4 Å². The lowest BCUT2D eigenvalue weighted by Crippen LogP contribution is -2.35. The summed E-state index contributed by atoms with van der Waals surface area (Å²) in [5.41, 5.74) is 5.68. The molecule has 0 radical (unpaired) electrons. The Labute approximate surface area is 150 Å². The molecule has 26 heavy (non-hydrogen) atoms. The molecule has 138 valence electrons. The Hall–Kier alpha value is -2.90. The lowest BCUT2D eigenvalue weighted by Gasteiger charge is -2.19. The Bertz CT molecular complexity index is 858. The van der Waals surface area contributed by atoms with Gasteiger partial charge in [-0.25, -0.2) is 9.37 Å². The van der Waals surface area contributed by atoms with Crippen LogP contribution in [0.15, 0.2) is 24.4 Å². The predicted octanol–water partition coefficient (Wildman–Crippen LogP) is 1.62. The van der Waals surface area contributed by atoms with Gasteiger partial charge in [0, 0.05) is 24.0 Å². The fraction of sp³-hybridized carbons (Fsp3) is 0.389. The van der Waals surface area contributed by atoms with Gasteiger partial charge in [0.25, 0.3) is 11.8 Å². The molecule has 3 atom stereocenters. The maximum absolute atomic E-state index is 13.9. The zero-order valence-corrected chi connectivity index (χ0v) is 14.6. The largest absolute Gasteiger partial charge is 0.496 e. The van der Waals surface area contributed by atoms with E-state index in [4.69, 9.17) is 10.5 Å². The number of nitrogens with zero attached hydrogens (tertiary/aromatic N) is 1. The second-order valence-electron chi connectivity index (χ2n) is 6.27. The molecule has 1 aromatic heterocycles. The van der Waals surface area contributed by atoms with Crippen LogP contribution in [-0.2, 0) is 4.79 Å². The van der Waals surface area contributed by atoms with Crippen LogP contribution in [0.25, 0.3) is 10.8 Å². The highest BCUT2D eigenvalue weighted by Gasteiger charge is 2.41. The summed E-state index contributed by atoms with van der Waals surface area (Å²) in [7, 11) is 1.46. The lowest BCUT2D eigenvalue weighted by molar-refractivity contribution is -0.123. The number of methoxy groups -OCH3 is 1. The third kappa shape index (κ3) is 3.14. The van der Waals surface area contributed by atoms with Gasteiger partial charge in [0.1, 0.15) is 11.6 Å². The molecule has 7 nitrogen and oxygen atoms in total. The molecule has 3 rings (SSSR count). The third-order valence-corrected chi connectivity index (χ3v) is 4.78. The summed E-state index contributed by atoms with van der Waals surface area (Å²) in [6.07, 6.45) is 0.681. The Balaban J connectivity index is 1.89. The van der Waals surface area contributed by atoms with E-state index in [-0.39, 0.29) is 17.5 Å². The molecule has 1 aromatic carbocycles. The molecule has 1 aliphatic rings. The van der Waals surface area contributed by atoms with Gasteiger partial charge < -0.3 is 21.1 Å². The van der Waals surface area contributed by atoms with Crippen LogP contribution in [0.3, 0.4) is 0 Å². The van der Waals surface area contributed by atoms with Crippen LogP contribution in [0, 0.1) is 5.92 Å². The first-order valence-electron chi connectivity index (χ1n) is 8.41. The molecule has 2 amide bonds. The van der Waals surface area contributed by atoms with Crippen molar-refractivity contribution in [2.75, 3.05) is 19.0 Å². The number of fused-ring (bicyclic) bond motifs is 1. The highest BCUT2D eigenvalue weighted by molar-refractivity contribution is 6.03. The number of pyridine rings is 1. The summed E-state index contributed by atoms with van der Waals surface area (Å²) in [6, 6.07) is 4.78. The zero-order chi connectivity index (χ0) is 18.8. The second-order valence-corrected chi connectivity index (χ2v) is 6.27. The van der Waals surface area contributed by atoms with Crippen LogP contribution in [0.1, 0.15) is 23.7 Å². The summed E-state index contributed by atoms with van der Waals surface area (Å²) < 4.78 is 19.2. The number of carbonyl (C=O) groups excluding carboxylic acids is 2. The first-order chi connectivity index (χ1) is 12.5. The number of nitrogens with one attached hydrogen (secondary N) is 2. The fourth-order valence-corrected chi connectivity index (χ4v) is 3.37. The van der Waals surface area contributed by atoms with E-state index in [1.54, 1.807) is 24.4 Å². The van der Waals surface area contributed by atoms with Crippen LogP contribution in [0.4, 0.5) is 10.2 Å². The summed E-state index contributed by atoms with van der Waals surface area (Å²) in [6.45, 7) is 2.20. The number of hydrogen-bond acceptors (Lipinski definition) is 5. The molecule has 8 heteroatoms. The molecule has 1 saturated heterocycles. The molecule has 4 N–H and O–H groups in total. The van der Waals surface area contributed by atoms with Crippen molar-refractivity contribution in [3.63, 3.8) is 0 Å². The minimum Gasteiger partial charge on any atom is -0.496 e. The van der Waals surface area contributed by atoms with Crippen molar-refractivity contribution in [3.8, 4) is 5.75 Å². The van der Waals surface area contributed by atoms with E-state index >= 15 is 0 Å². The summed E-state index contributed by atoms with van der Waals surface area (Å²) in [5, 5.41) is 7.36. The summed E-state index contributed by atoms with van der Waals surface area (Å²) in [4.78, 5) is 27.5. The monoisotopic (exact) mass is 360 g/mol. The van der Waals surface area contributed by atoms with E-state index in [0.29, 0.717) is 24.5 Å². The van der Waals surface area contributed by atoms with Gasteiger partial charge in [-0.15, -0.1) is 0 Å². The minimum absolute atomic E-state index is 0.284. The second kappa shape index (κ2) is 7.15. The molecule has 0 spiro atoms.